The molecule has 0 saturated heterocycles. The van der Waals surface area contributed by atoms with Gasteiger partial charge in [0.15, 0.2) is 0 Å². The van der Waals surface area contributed by atoms with Crippen molar-refractivity contribution >= 4 is 11.9 Å². The van der Waals surface area contributed by atoms with Crippen LogP contribution in [-0.4, -0.2) is 22.2 Å². The number of benzene rings is 2. The zero-order valence-corrected chi connectivity index (χ0v) is 11.3. The van der Waals surface area contributed by atoms with Gasteiger partial charge in [-0.15, -0.1) is 0 Å². The summed E-state index contributed by atoms with van der Waals surface area (Å²) in [5.74, 6) is -1.68. The Labute approximate surface area is 121 Å². The van der Waals surface area contributed by atoms with E-state index in [9.17, 15) is 9.59 Å². The summed E-state index contributed by atoms with van der Waals surface area (Å²) in [6.45, 7) is 0. The molecule has 0 aliphatic heterocycles. The first-order valence-corrected chi connectivity index (χ1v) is 6.70. The number of carbonyl (C=O) groups is 2. The molecule has 0 heterocycles. The number of carboxylic acid groups (broad SMARTS) is 2. The first-order valence-electron chi connectivity index (χ1n) is 6.70. The van der Waals surface area contributed by atoms with Crippen molar-refractivity contribution in [2.75, 3.05) is 0 Å². The van der Waals surface area contributed by atoms with E-state index in [0.29, 0.717) is 0 Å². The van der Waals surface area contributed by atoms with Crippen LogP contribution >= 0.6 is 0 Å². The molecule has 0 amide bonds. The second-order valence-corrected chi connectivity index (χ2v) is 5.30. The molecule has 2 N–H and O–H groups in total. The summed E-state index contributed by atoms with van der Waals surface area (Å²) >= 11 is 0. The normalized spacial score (nSPS) is 11.8. The minimum atomic E-state index is -0.839. The monoisotopic (exact) mass is 282 g/mol. The summed E-state index contributed by atoms with van der Waals surface area (Å²) in [5, 5.41) is 17.7. The Morgan fingerprint density at radius 3 is 1.62 bits per heavy atom. The lowest BCUT2D eigenvalue weighted by atomic mass is 10.0. The van der Waals surface area contributed by atoms with Crippen molar-refractivity contribution in [1.82, 2.24) is 0 Å². The molecule has 106 valence electrons. The number of rotatable bonds is 4. The van der Waals surface area contributed by atoms with Crippen molar-refractivity contribution in [2.24, 2.45) is 0 Å². The predicted molar refractivity (Wildman–Crippen MR) is 77.4 cm³/mol. The van der Waals surface area contributed by atoms with E-state index < -0.39 is 11.9 Å². The Balaban J connectivity index is 1.93. The van der Waals surface area contributed by atoms with Crippen molar-refractivity contribution in [2.45, 2.75) is 19.3 Å². The Kier molecular flexibility index (Phi) is 3.22. The highest BCUT2D eigenvalue weighted by atomic mass is 16.4. The molecule has 1 aliphatic carbocycles. The zero-order valence-electron chi connectivity index (χ0n) is 11.3. The van der Waals surface area contributed by atoms with Gasteiger partial charge in [-0.1, -0.05) is 36.4 Å². The largest absolute Gasteiger partial charge is 0.481 e. The number of fused-ring (bicyclic) bond motifs is 3. The van der Waals surface area contributed by atoms with Crippen LogP contribution in [0.1, 0.15) is 22.3 Å². The topological polar surface area (TPSA) is 74.6 Å². The fraction of sp³-hybridized carbons (Fsp3) is 0.176. The highest BCUT2D eigenvalue weighted by molar-refractivity contribution is 5.79. The Morgan fingerprint density at radius 1 is 0.810 bits per heavy atom. The number of aliphatic carboxylic acids is 2. The molecule has 4 nitrogen and oxygen atoms in total. The summed E-state index contributed by atoms with van der Waals surface area (Å²) in [6, 6.07) is 11.5. The van der Waals surface area contributed by atoms with Gasteiger partial charge in [-0.05, 0) is 39.8 Å². The molecule has 0 spiro atoms. The van der Waals surface area contributed by atoms with Crippen LogP contribution in [0.5, 0.6) is 0 Å². The Morgan fingerprint density at radius 2 is 1.24 bits per heavy atom. The number of carboxylic acids is 2. The average Bonchev–Trinajstić information content (AvgIpc) is 2.73. The van der Waals surface area contributed by atoms with Gasteiger partial charge in [0.25, 0.3) is 0 Å². The van der Waals surface area contributed by atoms with Crippen LogP contribution in [0.25, 0.3) is 11.1 Å². The van der Waals surface area contributed by atoms with Gasteiger partial charge in [0.1, 0.15) is 0 Å². The lowest BCUT2D eigenvalue weighted by Gasteiger charge is -2.04. The van der Waals surface area contributed by atoms with E-state index in [4.69, 9.17) is 10.2 Å². The van der Waals surface area contributed by atoms with Crippen LogP contribution in [0.3, 0.4) is 0 Å². The standard InChI is InChI=1S/C17H14O4/c18-16(19)7-10-1-3-14-12(5-10)9-13-6-11(8-17(20)21)2-4-15(13)14/h1-6H,7-9H2,(H,18,19)(H,20,21). The molecule has 21 heavy (non-hydrogen) atoms. The Bertz CT molecular complexity index is 683. The molecule has 3 rings (SSSR count). The maximum Gasteiger partial charge on any atom is 0.307 e. The first-order chi connectivity index (χ1) is 10.0. The zero-order chi connectivity index (χ0) is 15.0. The minimum Gasteiger partial charge on any atom is -0.481 e. The molecule has 0 atom stereocenters. The molecule has 4 heteroatoms. The molecule has 2 aromatic rings. The predicted octanol–water partition coefficient (Wildman–Crippen LogP) is 2.51. The van der Waals surface area contributed by atoms with Crippen molar-refractivity contribution in [3.8, 4) is 11.1 Å². The van der Waals surface area contributed by atoms with Gasteiger partial charge < -0.3 is 10.2 Å². The lowest BCUT2D eigenvalue weighted by molar-refractivity contribution is -0.137. The molecule has 0 unspecified atom stereocenters. The summed E-state index contributed by atoms with van der Waals surface area (Å²) in [7, 11) is 0. The van der Waals surface area contributed by atoms with Crippen molar-refractivity contribution in [3.63, 3.8) is 0 Å². The van der Waals surface area contributed by atoms with Gasteiger partial charge in [-0.2, -0.15) is 0 Å². The van der Waals surface area contributed by atoms with Gasteiger partial charge in [0, 0.05) is 0 Å². The summed E-state index contributed by atoms with van der Waals surface area (Å²) < 4.78 is 0. The summed E-state index contributed by atoms with van der Waals surface area (Å²) in [4.78, 5) is 21.6. The highest BCUT2D eigenvalue weighted by Crippen LogP contribution is 2.37. The molecule has 0 aromatic heterocycles. The van der Waals surface area contributed by atoms with Crippen molar-refractivity contribution in [3.05, 3.63) is 58.7 Å². The summed E-state index contributed by atoms with van der Waals surface area (Å²) in [5.41, 5.74) is 6.02. The molecule has 0 bridgehead atoms. The molecule has 0 fully saturated rings. The fourth-order valence-electron chi connectivity index (χ4n) is 2.89. The van der Waals surface area contributed by atoms with Crippen molar-refractivity contribution < 1.29 is 19.8 Å². The van der Waals surface area contributed by atoms with E-state index in [2.05, 4.69) is 0 Å². The first kappa shape index (κ1) is 13.4. The smallest absolute Gasteiger partial charge is 0.307 e. The maximum atomic E-state index is 10.8. The van der Waals surface area contributed by atoms with Gasteiger partial charge in [0.2, 0.25) is 0 Å². The van der Waals surface area contributed by atoms with E-state index in [1.807, 2.05) is 36.4 Å². The Hall–Kier alpha value is -2.62. The number of hydrogen-bond donors (Lipinski definition) is 2. The quantitative estimate of drug-likeness (QED) is 0.771. The van der Waals surface area contributed by atoms with Gasteiger partial charge in [0.05, 0.1) is 12.8 Å². The minimum absolute atomic E-state index is 0.0217. The summed E-state index contributed by atoms with van der Waals surface area (Å²) in [6.07, 6.45) is 0.771. The third-order valence-electron chi connectivity index (χ3n) is 3.72. The van der Waals surface area contributed by atoms with E-state index in [1.165, 1.54) is 0 Å². The van der Waals surface area contributed by atoms with Crippen LogP contribution < -0.4 is 0 Å². The van der Waals surface area contributed by atoms with Gasteiger partial charge >= 0.3 is 11.9 Å². The fourth-order valence-corrected chi connectivity index (χ4v) is 2.89. The van der Waals surface area contributed by atoms with Crippen LogP contribution in [0, 0.1) is 0 Å². The molecule has 2 aromatic carbocycles. The van der Waals surface area contributed by atoms with Crippen LogP contribution in [0.4, 0.5) is 0 Å². The average molecular weight is 282 g/mol. The molecule has 1 aliphatic rings. The molecular formula is C17H14O4. The van der Waals surface area contributed by atoms with Crippen LogP contribution in [-0.2, 0) is 28.9 Å². The van der Waals surface area contributed by atoms with E-state index >= 15 is 0 Å². The lowest BCUT2D eigenvalue weighted by Crippen LogP contribution is -2.00. The molecule has 0 radical (unpaired) electrons. The van der Waals surface area contributed by atoms with Gasteiger partial charge in [-0.25, -0.2) is 0 Å². The van der Waals surface area contributed by atoms with E-state index in [0.717, 1.165) is 39.8 Å². The van der Waals surface area contributed by atoms with Crippen LogP contribution in [0.15, 0.2) is 36.4 Å². The SMILES string of the molecule is O=C(O)Cc1ccc2c(c1)Cc1cc(CC(=O)O)ccc1-2. The van der Waals surface area contributed by atoms with E-state index in [1.54, 1.807) is 0 Å². The highest BCUT2D eigenvalue weighted by Gasteiger charge is 2.19. The van der Waals surface area contributed by atoms with Gasteiger partial charge in [-0.3, -0.25) is 9.59 Å². The van der Waals surface area contributed by atoms with Crippen LogP contribution in [0.2, 0.25) is 0 Å². The molecule has 0 saturated carbocycles. The second kappa shape index (κ2) is 5.05. The molecular weight excluding hydrogens is 268 g/mol. The third-order valence-corrected chi connectivity index (χ3v) is 3.72. The van der Waals surface area contributed by atoms with Crippen molar-refractivity contribution in [1.29, 1.82) is 0 Å². The van der Waals surface area contributed by atoms with E-state index in [-0.39, 0.29) is 12.8 Å². The maximum absolute atomic E-state index is 10.8. The number of hydrogen-bond acceptors (Lipinski definition) is 2. The third kappa shape index (κ3) is 2.65. The second-order valence-electron chi connectivity index (χ2n) is 5.30.